The summed E-state index contributed by atoms with van der Waals surface area (Å²) in [4.78, 5) is 36.0. The van der Waals surface area contributed by atoms with Gasteiger partial charge >= 0.3 is 5.97 Å². The van der Waals surface area contributed by atoms with Crippen molar-refractivity contribution in [3.63, 3.8) is 0 Å². The van der Waals surface area contributed by atoms with E-state index in [1.165, 1.54) is 13.4 Å². The Labute approximate surface area is 139 Å². The second kappa shape index (κ2) is 7.59. The van der Waals surface area contributed by atoms with E-state index in [4.69, 9.17) is 4.42 Å². The Hall–Kier alpha value is -2.89. The number of nitrogens with one attached hydrogen (secondary N) is 1. The number of carbonyl (C=O) groups is 3. The first-order chi connectivity index (χ1) is 11.4. The third-order valence-electron chi connectivity index (χ3n) is 3.70. The first kappa shape index (κ1) is 17.5. The Balaban J connectivity index is 2.14. The summed E-state index contributed by atoms with van der Waals surface area (Å²) in [7, 11) is 1.26. The highest BCUT2D eigenvalue weighted by molar-refractivity contribution is 6.07. The maximum Gasteiger partial charge on any atom is 0.328 e. The molecule has 2 rings (SSSR count). The molecule has 0 radical (unpaired) electrons. The summed E-state index contributed by atoms with van der Waals surface area (Å²) in [6.07, 6.45) is 1.43. The molecule has 6 heteroatoms. The van der Waals surface area contributed by atoms with Crippen LogP contribution in [0, 0.1) is 0 Å². The maximum atomic E-state index is 12.3. The van der Waals surface area contributed by atoms with Gasteiger partial charge in [-0.25, -0.2) is 4.79 Å². The Morgan fingerprint density at radius 2 is 1.88 bits per heavy atom. The minimum atomic E-state index is -0.738. The predicted molar refractivity (Wildman–Crippen MR) is 86.6 cm³/mol. The van der Waals surface area contributed by atoms with Crippen LogP contribution < -0.4 is 5.32 Å². The molecule has 1 N–H and O–H groups in total. The zero-order valence-electron chi connectivity index (χ0n) is 13.7. The van der Waals surface area contributed by atoms with E-state index < -0.39 is 17.9 Å². The van der Waals surface area contributed by atoms with Crippen molar-refractivity contribution >= 4 is 17.7 Å². The van der Waals surface area contributed by atoms with Crippen LogP contribution in [0.5, 0.6) is 0 Å². The smallest absolute Gasteiger partial charge is 0.328 e. The molecule has 24 heavy (non-hydrogen) atoms. The van der Waals surface area contributed by atoms with E-state index in [-0.39, 0.29) is 17.5 Å². The van der Waals surface area contributed by atoms with Crippen molar-refractivity contribution in [2.24, 2.45) is 0 Å². The van der Waals surface area contributed by atoms with Crippen molar-refractivity contribution in [3.05, 3.63) is 59.5 Å². The van der Waals surface area contributed by atoms with Gasteiger partial charge in [-0.15, -0.1) is 0 Å². The van der Waals surface area contributed by atoms with Crippen molar-refractivity contribution in [2.45, 2.75) is 25.8 Å². The van der Waals surface area contributed by atoms with Gasteiger partial charge in [-0.05, 0) is 37.6 Å². The van der Waals surface area contributed by atoms with Gasteiger partial charge in [-0.2, -0.15) is 0 Å². The van der Waals surface area contributed by atoms with Crippen LogP contribution in [0.2, 0.25) is 0 Å². The Kier molecular flexibility index (Phi) is 5.52. The molecule has 1 aromatic heterocycles. The number of hydrogen-bond donors (Lipinski definition) is 1. The molecule has 1 amide bonds. The summed E-state index contributed by atoms with van der Waals surface area (Å²) >= 11 is 0. The lowest BCUT2D eigenvalue weighted by molar-refractivity contribution is -0.144. The lowest BCUT2D eigenvalue weighted by Crippen LogP contribution is -2.41. The molecule has 0 aliphatic heterocycles. The van der Waals surface area contributed by atoms with E-state index in [1.807, 2.05) is 0 Å². The molecule has 0 aliphatic carbocycles. The molecule has 0 saturated carbocycles. The number of rotatable bonds is 6. The summed E-state index contributed by atoms with van der Waals surface area (Å²) in [5.41, 5.74) is 1.10. The monoisotopic (exact) mass is 329 g/mol. The molecule has 1 aromatic carbocycles. The average molecular weight is 329 g/mol. The van der Waals surface area contributed by atoms with Crippen molar-refractivity contribution in [3.8, 4) is 0 Å². The van der Waals surface area contributed by atoms with Gasteiger partial charge in [0.05, 0.1) is 19.3 Å². The molecule has 0 fully saturated rings. The zero-order valence-corrected chi connectivity index (χ0v) is 13.7. The van der Waals surface area contributed by atoms with Crippen LogP contribution in [-0.4, -0.2) is 30.8 Å². The normalized spacial score (nSPS) is 13.0. The second-order valence-electron chi connectivity index (χ2n) is 5.41. The predicted octanol–water partition coefficient (Wildman–Crippen LogP) is 2.29. The molecule has 2 atom stereocenters. The standard InChI is InChI=1S/C18H19NO5/c1-11(17(21)19-12(2)18(22)23-3)13-6-4-7-14(10-13)16(20)15-8-5-9-24-15/h4-12H,1-3H3,(H,19,21). The van der Waals surface area contributed by atoms with Crippen molar-refractivity contribution in [1.82, 2.24) is 5.32 Å². The summed E-state index contributed by atoms with van der Waals surface area (Å²) in [5.74, 6) is -1.38. The molecule has 0 bridgehead atoms. The number of hydrogen-bond acceptors (Lipinski definition) is 5. The number of benzene rings is 1. The van der Waals surface area contributed by atoms with Crippen LogP contribution in [0.15, 0.2) is 47.1 Å². The summed E-state index contributed by atoms with van der Waals surface area (Å²) in [5, 5.41) is 2.59. The quantitative estimate of drug-likeness (QED) is 0.649. The fourth-order valence-electron chi connectivity index (χ4n) is 2.22. The summed E-state index contributed by atoms with van der Waals surface area (Å²) < 4.78 is 9.69. The largest absolute Gasteiger partial charge is 0.467 e. The summed E-state index contributed by atoms with van der Waals surface area (Å²) in [6.45, 7) is 3.25. The van der Waals surface area contributed by atoms with Crippen LogP contribution in [-0.2, 0) is 14.3 Å². The van der Waals surface area contributed by atoms with Crippen LogP contribution in [0.1, 0.15) is 41.4 Å². The summed E-state index contributed by atoms with van der Waals surface area (Å²) in [6, 6.07) is 9.27. The third kappa shape index (κ3) is 3.90. The molecule has 2 unspecified atom stereocenters. The van der Waals surface area contributed by atoms with Gasteiger partial charge in [0, 0.05) is 5.56 Å². The maximum absolute atomic E-state index is 12.3. The number of methoxy groups -OCH3 is 1. The lowest BCUT2D eigenvalue weighted by atomic mass is 9.96. The van der Waals surface area contributed by atoms with E-state index in [0.29, 0.717) is 11.1 Å². The van der Waals surface area contributed by atoms with E-state index in [0.717, 1.165) is 0 Å². The van der Waals surface area contributed by atoms with E-state index in [1.54, 1.807) is 50.2 Å². The van der Waals surface area contributed by atoms with Crippen molar-refractivity contribution in [2.75, 3.05) is 7.11 Å². The van der Waals surface area contributed by atoms with Crippen LogP contribution in [0.25, 0.3) is 0 Å². The molecular formula is C18H19NO5. The Morgan fingerprint density at radius 3 is 2.50 bits per heavy atom. The number of carbonyl (C=O) groups excluding carboxylic acids is 3. The third-order valence-corrected chi connectivity index (χ3v) is 3.70. The minimum Gasteiger partial charge on any atom is -0.467 e. The van der Waals surface area contributed by atoms with Crippen LogP contribution >= 0.6 is 0 Å². The van der Waals surface area contributed by atoms with Gasteiger partial charge in [0.1, 0.15) is 6.04 Å². The number of esters is 1. The SMILES string of the molecule is COC(=O)C(C)NC(=O)C(C)c1cccc(C(=O)c2ccco2)c1. The molecule has 6 nitrogen and oxygen atoms in total. The molecule has 0 spiro atoms. The fourth-order valence-corrected chi connectivity index (χ4v) is 2.22. The van der Waals surface area contributed by atoms with Gasteiger partial charge in [0.25, 0.3) is 0 Å². The fraction of sp³-hybridized carbons (Fsp3) is 0.278. The number of amides is 1. The second-order valence-corrected chi connectivity index (χ2v) is 5.41. The molecule has 0 saturated heterocycles. The van der Waals surface area contributed by atoms with E-state index in [9.17, 15) is 14.4 Å². The highest BCUT2D eigenvalue weighted by Crippen LogP contribution is 2.19. The lowest BCUT2D eigenvalue weighted by Gasteiger charge is -2.16. The van der Waals surface area contributed by atoms with Crippen molar-refractivity contribution < 1.29 is 23.5 Å². The molecule has 0 aliphatic rings. The Morgan fingerprint density at radius 1 is 1.12 bits per heavy atom. The van der Waals surface area contributed by atoms with Gasteiger partial charge in [0.2, 0.25) is 11.7 Å². The molecule has 126 valence electrons. The van der Waals surface area contributed by atoms with Gasteiger partial charge in [-0.1, -0.05) is 18.2 Å². The number of ether oxygens (including phenoxy) is 1. The Bertz CT molecular complexity index is 736. The molecule has 2 aromatic rings. The van der Waals surface area contributed by atoms with Crippen LogP contribution in [0.4, 0.5) is 0 Å². The van der Waals surface area contributed by atoms with Gasteiger partial charge in [-0.3, -0.25) is 9.59 Å². The minimum absolute atomic E-state index is 0.239. The topological polar surface area (TPSA) is 85.6 Å². The first-order valence-electron chi connectivity index (χ1n) is 7.50. The van der Waals surface area contributed by atoms with Gasteiger partial charge in [0.15, 0.2) is 5.76 Å². The zero-order chi connectivity index (χ0) is 17.7. The molecule has 1 heterocycles. The number of furan rings is 1. The average Bonchev–Trinajstić information content (AvgIpc) is 3.14. The van der Waals surface area contributed by atoms with E-state index >= 15 is 0 Å². The highest BCUT2D eigenvalue weighted by atomic mass is 16.5. The number of ketones is 1. The van der Waals surface area contributed by atoms with Crippen LogP contribution in [0.3, 0.4) is 0 Å². The van der Waals surface area contributed by atoms with E-state index in [2.05, 4.69) is 10.1 Å². The molecular weight excluding hydrogens is 310 g/mol. The first-order valence-corrected chi connectivity index (χ1v) is 7.50. The van der Waals surface area contributed by atoms with Gasteiger partial charge < -0.3 is 14.5 Å². The van der Waals surface area contributed by atoms with Crippen molar-refractivity contribution in [1.29, 1.82) is 0 Å². The highest BCUT2D eigenvalue weighted by Gasteiger charge is 2.22.